The summed E-state index contributed by atoms with van der Waals surface area (Å²) in [6.07, 6.45) is 1.55. The van der Waals surface area contributed by atoms with Gasteiger partial charge in [0.1, 0.15) is 5.82 Å². The predicted molar refractivity (Wildman–Crippen MR) is 72.4 cm³/mol. The van der Waals surface area contributed by atoms with E-state index in [1.54, 1.807) is 12.3 Å². The molecule has 0 saturated carbocycles. The molecular weight excluding hydrogens is 297 g/mol. The summed E-state index contributed by atoms with van der Waals surface area (Å²) >= 11 is 0. The lowest BCUT2D eigenvalue weighted by Gasteiger charge is -2.33. The van der Waals surface area contributed by atoms with E-state index in [-0.39, 0.29) is 18.0 Å². The SMILES string of the molecule is O=S(=O)(c1cccc(F)c1)N1CCOC[C@H]1c1ccn[nH]1. The van der Waals surface area contributed by atoms with E-state index in [4.69, 9.17) is 4.74 Å². The molecule has 1 saturated heterocycles. The molecule has 0 bridgehead atoms. The van der Waals surface area contributed by atoms with Gasteiger partial charge in [0.25, 0.3) is 0 Å². The van der Waals surface area contributed by atoms with E-state index in [9.17, 15) is 12.8 Å². The first kappa shape index (κ1) is 14.2. The van der Waals surface area contributed by atoms with Crippen LogP contribution in [0, 0.1) is 5.82 Å². The number of halogens is 1. The van der Waals surface area contributed by atoms with E-state index < -0.39 is 21.9 Å². The third-order valence-corrected chi connectivity index (χ3v) is 5.27. The molecule has 21 heavy (non-hydrogen) atoms. The van der Waals surface area contributed by atoms with Gasteiger partial charge in [-0.2, -0.15) is 9.40 Å². The highest BCUT2D eigenvalue weighted by Gasteiger charge is 2.35. The first-order chi connectivity index (χ1) is 10.1. The monoisotopic (exact) mass is 311 g/mol. The predicted octanol–water partition coefficient (Wildman–Crippen LogP) is 1.31. The Morgan fingerprint density at radius 2 is 2.24 bits per heavy atom. The summed E-state index contributed by atoms with van der Waals surface area (Å²) in [5.41, 5.74) is 0.648. The van der Waals surface area contributed by atoms with Crippen LogP contribution in [0.4, 0.5) is 4.39 Å². The van der Waals surface area contributed by atoms with Crippen LogP contribution < -0.4 is 0 Å². The van der Waals surface area contributed by atoms with Gasteiger partial charge >= 0.3 is 0 Å². The summed E-state index contributed by atoms with van der Waals surface area (Å²) in [7, 11) is -3.79. The van der Waals surface area contributed by atoms with Crippen molar-refractivity contribution >= 4 is 10.0 Å². The van der Waals surface area contributed by atoms with Crippen LogP contribution in [0.1, 0.15) is 11.7 Å². The zero-order chi connectivity index (χ0) is 14.9. The van der Waals surface area contributed by atoms with E-state index in [0.717, 1.165) is 6.07 Å². The zero-order valence-corrected chi connectivity index (χ0v) is 11.9. The van der Waals surface area contributed by atoms with Crippen molar-refractivity contribution in [3.05, 3.63) is 48.0 Å². The second-order valence-corrected chi connectivity index (χ2v) is 6.57. The van der Waals surface area contributed by atoms with Crippen molar-refractivity contribution in [2.45, 2.75) is 10.9 Å². The minimum atomic E-state index is -3.79. The lowest BCUT2D eigenvalue weighted by Crippen LogP contribution is -2.43. The third-order valence-electron chi connectivity index (χ3n) is 3.36. The number of rotatable bonds is 3. The Labute approximate surface area is 121 Å². The maximum atomic E-state index is 13.3. The fourth-order valence-electron chi connectivity index (χ4n) is 2.34. The molecular formula is C13H14FN3O3S. The Balaban J connectivity index is 1.99. The van der Waals surface area contributed by atoms with Gasteiger partial charge in [-0.3, -0.25) is 5.10 Å². The van der Waals surface area contributed by atoms with Gasteiger partial charge in [0, 0.05) is 12.7 Å². The van der Waals surface area contributed by atoms with Gasteiger partial charge in [-0.05, 0) is 24.3 Å². The molecule has 0 amide bonds. The fourth-order valence-corrected chi connectivity index (χ4v) is 3.94. The molecule has 1 aromatic carbocycles. The summed E-state index contributed by atoms with van der Waals surface area (Å²) in [5.74, 6) is -0.581. The minimum absolute atomic E-state index is 0.0612. The molecule has 8 heteroatoms. The summed E-state index contributed by atoms with van der Waals surface area (Å²) in [5, 5.41) is 6.60. The largest absolute Gasteiger partial charge is 0.378 e. The summed E-state index contributed by atoms with van der Waals surface area (Å²) in [6.45, 7) is 0.748. The van der Waals surface area contributed by atoms with Crippen LogP contribution in [0.5, 0.6) is 0 Å². The molecule has 0 spiro atoms. The number of aromatic amines is 1. The van der Waals surface area contributed by atoms with Crippen LogP contribution >= 0.6 is 0 Å². The van der Waals surface area contributed by atoms with Crippen molar-refractivity contribution in [2.24, 2.45) is 0 Å². The molecule has 0 aliphatic carbocycles. The Morgan fingerprint density at radius 3 is 2.95 bits per heavy atom. The van der Waals surface area contributed by atoms with Crippen LogP contribution in [0.3, 0.4) is 0 Å². The normalized spacial score (nSPS) is 20.5. The first-order valence-electron chi connectivity index (χ1n) is 6.43. The van der Waals surface area contributed by atoms with Gasteiger partial charge in [-0.25, -0.2) is 12.8 Å². The van der Waals surface area contributed by atoms with Crippen LogP contribution in [-0.2, 0) is 14.8 Å². The summed E-state index contributed by atoms with van der Waals surface area (Å²) in [4.78, 5) is -0.0612. The number of H-pyrrole nitrogens is 1. The average Bonchev–Trinajstić information content (AvgIpc) is 3.01. The van der Waals surface area contributed by atoms with E-state index in [1.807, 2.05) is 0 Å². The number of hydrogen-bond acceptors (Lipinski definition) is 4. The smallest absolute Gasteiger partial charge is 0.243 e. The van der Waals surface area contributed by atoms with Gasteiger partial charge in [0.05, 0.1) is 29.8 Å². The van der Waals surface area contributed by atoms with Crippen molar-refractivity contribution in [3.63, 3.8) is 0 Å². The molecule has 1 atom stereocenters. The summed E-state index contributed by atoms with van der Waals surface area (Å²) < 4.78 is 45.4. The highest BCUT2D eigenvalue weighted by Crippen LogP contribution is 2.29. The van der Waals surface area contributed by atoms with Crippen LogP contribution in [0.2, 0.25) is 0 Å². The minimum Gasteiger partial charge on any atom is -0.378 e. The van der Waals surface area contributed by atoms with Crippen molar-refractivity contribution in [3.8, 4) is 0 Å². The van der Waals surface area contributed by atoms with Gasteiger partial charge in [0.2, 0.25) is 10.0 Å². The quantitative estimate of drug-likeness (QED) is 0.927. The Morgan fingerprint density at radius 1 is 1.38 bits per heavy atom. The van der Waals surface area contributed by atoms with Crippen molar-refractivity contribution in [2.75, 3.05) is 19.8 Å². The van der Waals surface area contributed by atoms with Crippen molar-refractivity contribution in [1.29, 1.82) is 0 Å². The third kappa shape index (κ3) is 2.69. The van der Waals surface area contributed by atoms with Gasteiger partial charge < -0.3 is 4.74 Å². The number of nitrogens with one attached hydrogen (secondary N) is 1. The molecule has 0 radical (unpaired) electrons. The number of ether oxygens (including phenoxy) is 1. The van der Waals surface area contributed by atoms with Gasteiger partial charge in [-0.1, -0.05) is 6.07 Å². The maximum Gasteiger partial charge on any atom is 0.243 e. The second kappa shape index (κ2) is 5.55. The molecule has 2 heterocycles. The Hall–Kier alpha value is -1.77. The number of hydrogen-bond donors (Lipinski definition) is 1. The zero-order valence-electron chi connectivity index (χ0n) is 11.1. The molecule has 1 aliphatic heterocycles. The Kier molecular flexibility index (Phi) is 3.75. The highest BCUT2D eigenvalue weighted by atomic mass is 32.2. The highest BCUT2D eigenvalue weighted by molar-refractivity contribution is 7.89. The molecule has 112 valence electrons. The summed E-state index contributed by atoms with van der Waals surface area (Å²) in [6, 6.07) is 6.22. The van der Waals surface area contributed by atoms with Crippen LogP contribution in [-0.4, -0.2) is 42.7 Å². The van der Waals surface area contributed by atoms with Crippen LogP contribution in [0.15, 0.2) is 41.4 Å². The molecule has 1 aliphatic rings. The standard InChI is InChI=1S/C13H14FN3O3S/c14-10-2-1-3-11(8-10)21(18,19)17-6-7-20-9-13(17)12-4-5-15-16-12/h1-5,8,13H,6-7,9H2,(H,15,16)/t13-/m0/s1. The second-order valence-electron chi connectivity index (χ2n) is 4.68. The maximum absolute atomic E-state index is 13.3. The molecule has 0 unspecified atom stereocenters. The van der Waals surface area contributed by atoms with E-state index in [2.05, 4.69) is 10.2 Å². The first-order valence-corrected chi connectivity index (χ1v) is 7.87. The molecule has 2 aromatic rings. The fraction of sp³-hybridized carbons (Fsp3) is 0.308. The van der Waals surface area contributed by atoms with Crippen molar-refractivity contribution < 1.29 is 17.5 Å². The van der Waals surface area contributed by atoms with Gasteiger partial charge in [0.15, 0.2) is 0 Å². The topological polar surface area (TPSA) is 75.3 Å². The molecule has 1 N–H and O–H groups in total. The molecule has 1 fully saturated rings. The lowest BCUT2D eigenvalue weighted by atomic mass is 10.2. The van der Waals surface area contributed by atoms with Gasteiger partial charge in [-0.15, -0.1) is 0 Å². The number of morpholine rings is 1. The van der Waals surface area contributed by atoms with Crippen molar-refractivity contribution in [1.82, 2.24) is 14.5 Å². The van der Waals surface area contributed by atoms with Crippen LogP contribution in [0.25, 0.3) is 0 Å². The Bertz CT molecular complexity index is 718. The lowest BCUT2D eigenvalue weighted by molar-refractivity contribution is 0.0305. The average molecular weight is 311 g/mol. The van der Waals surface area contributed by atoms with E-state index in [0.29, 0.717) is 12.3 Å². The molecule has 6 nitrogen and oxygen atoms in total. The number of aromatic nitrogens is 2. The number of benzene rings is 1. The van der Waals surface area contributed by atoms with E-state index >= 15 is 0 Å². The number of nitrogens with zero attached hydrogens (tertiary/aromatic N) is 2. The van der Waals surface area contributed by atoms with E-state index in [1.165, 1.54) is 22.5 Å². The molecule has 1 aromatic heterocycles. The molecule has 3 rings (SSSR count). The number of sulfonamides is 1.